The van der Waals surface area contributed by atoms with Crippen molar-refractivity contribution in [1.82, 2.24) is 5.32 Å². The lowest BCUT2D eigenvalue weighted by molar-refractivity contribution is 0.100. The number of primary amides is 1. The largest absolute Gasteiger partial charge is 0.383 e. The smallest absolute Gasteiger partial charge is 0.250 e. The fourth-order valence-corrected chi connectivity index (χ4v) is 2.27. The molecule has 1 aromatic rings. The maximum Gasteiger partial charge on any atom is 0.250 e. The van der Waals surface area contributed by atoms with E-state index in [4.69, 9.17) is 17.3 Å². The second-order valence-electron chi connectivity index (χ2n) is 4.23. The van der Waals surface area contributed by atoms with Crippen LogP contribution in [0.5, 0.6) is 0 Å². The van der Waals surface area contributed by atoms with Crippen molar-refractivity contribution in [1.29, 1.82) is 0 Å². The van der Waals surface area contributed by atoms with Crippen molar-refractivity contribution in [2.75, 3.05) is 18.4 Å². The van der Waals surface area contributed by atoms with Crippen molar-refractivity contribution in [2.45, 2.75) is 18.9 Å². The summed E-state index contributed by atoms with van der Waals surface area (Å²) >= 11 is 5.96. The first-order valence-corrected chi connectivity index (χ1v) is 6.11. The number of benzene rings is 1. The zero-order valence-corrected chi connectivity index (χ0v) is 10.3. The van der Waals surface area contributed by atoms with Gasteiger partial charge in [-0.15, -0.1) is 0 Å². The highest BCUT2D eigenvalue weighted by Gasteiger charge is 2.13. The molecule has 4 nitrogen and oxygen atoms in total. The normalized spacial score (nSPS) is 19.2. The number of halogens is 1. The number of nitrogens with one attached hydrogen (secondary N) is 2. The molecule has 1 fully saturated rings. The summed E-state index contributed by atoms with van der Waals surface area (Å²) in [5.41, 5.74) is 6.45. The van der Waals surface area contributed by atoms with Crippen LogP contribution in [0.25, 0.3) is 0 Å². The molecule has 4 N–H and O–H groups in total. The molecule has 1 heterocycles. The van der Waals surface area contributed by atoms with Gasteiger partial charge in [0.15, 0.2) is 0 Å². The maximum atomic E-state index is 11.0. The molecule has 0 aliphatic carbocycles. The van der Waals surface area contributed by atoms with Crippen LogP contribution in [0, 0.1) is 0 Å². The van der Waals surface area contributed by atoms with Crippen LogP contribution in [-0.4, -0.2) is 25.0 Å². The molecule has 1 unspecified atom stereocenters. The van der Waals surface area contributed by atoms with Crippen LogP contribution in [0.1, 0.15) is 23.2 Å². The second-order valence-corrected chi connectivity index (χ2v) is 4.64. The Hall–Kier alpha value is -1.26. The van der Waals surface area contributed by atoms with Crippen LogP contribution in [0.15, 0.2) is 18.2 Å². The van der Waals surface area contributed by atoms with Crippen LogP contribution in [-0.2, 0) is 0 Å². The van der Waals surface area contributed by atoms with E-state index in [1.165, 1.54) is 12.8 Å². The molecule has 0 radical (unpaired) electrons. The standard InChI is InChI=1S/C12H16ClN3O/c13-11-6-8(3-4-10(11)12(14)17)16-7-9-2-1-5-15-9/h3-4,6,9,15-16H,1-2,5,7H2,(H2,14,17). The van der Waals surface area contributed by atoms with Crippen LogP contribution < -0.4 is 16.4 Å². The molecule has 92 valence electrons. The first kappa shape index (κ1) is 12.2. The van der Waals surface area contributed by atoms with E-state index in [2.05, 4.69) is 10.6 Å². The molecule has 0 saturated carbocycles. The first-order valence-electron chi connectivity index (χ1n) is 5.73. The molecule has 0 aromatic heterocycles. The number of nitrogens with two attached hydrogens (primary N) is 1. The highest BCUT2D eigenvalue weighted by Crippen LogP contribution is 2.20. The third-order valence-corrected chi connectivity index (χ3v) is 3.26. The summed E-state index contributed by atoms with van der Waals surface area (Å²) in [6.45, 7) is 1.96. The highest BCUT2D eigenvalue weighted by atomic mass is 35.5. The molecule has 1 atom stereocenters. The quantitative estimate of drug-likeness (QED) is 0.764. The first-order chi connectivity index (χ1) is 8.16. The average molecular weight is 254 g/mol. The Morgan fingerprint density at radius 2 is 2.41 bits per heavy atom. The zero-order valence-electron chi connectivity index (χ0n) is 9.50. The van der Waals surface area contributed by atoms with E-state index in [9.17, 15) is 4.79 Å². The predicted molar refractivity (Wildman–Crippen MR) is 69.5 cm³/mol. The van der Waals surface area contributed by atoms with E-state index >= 15 is 0 Å². The Morgan fingerprint density at radius 1 is 1.59 bits per heavy atom. The van der Waals surface area contributed by atoms with Gasteiger partial charge in [0, 0.05) is 18.3 Å². The Morgan fingerprint density at radius 3 is 3.00 bits per heavy atom. The van der Waals surface area contributed by atoms with E-state index in [0.29, 0.717) is 16.6 Å². The van der Waals surface area contributed by atoms with Crippen LogP contribution in [0.4, 0.5) is 5.69 Å². The number of carbonyl (C=O) groups is 1. The Kier molecular flexibility index (Phi) is 3.86. The van der Waals surface area contributed by atoms with Gasteiger partial charge in [-0.25, -0.2) is 0 Å². The average Bonchev–Trinajstić information content (AvgIpc) is 2.78. The van der Waals surface area contributed by atoms with Crippen LogP contribution in [0.3, 0.4) is 0 Å². The molecular formula is C12H16ClN3O. The summed E-state index contributed by atoms with van der Waals surface area (Å²) in [6.07, 6.45) is 2.42. The van der Waals surface area contributed by atoms with E-state index < -0.39 is 5.91 Å². The van der Waals surface area contributed by atoms with Crippen molar-refractivity contribution in [3.8, 4) is 0 Å². The van der Waals surface area contributed by atoms with Crippen molar-refractivity contribution in [3.63, 3.8) is 0 Å². The summed E-state index contributed by atoms with van der Waals surface area (Å²) in [5, 5.41) is 7.09. The topological polar surface area (TPSA) is 67.2 Å². The van der Waals surface area contributed by atoms with Crippen molar-refractivity contribution in [2.24, 2.45) is 5.73 Å². The number of carbonyl (C=O) groups excluding carboxylic acids is 1. The maximum absolute atomic E-state index is 11.0. The Bertz CT molecular complexity index is 416. The monoisotopic (exact) mass is 253 g/mol. The fourth-order valence-electron chi connectivity index (χ4n) is 2.00. The van der Waals surface area contributed by atoms with Gasteiger partial charge >= 0.3 is 0 Å². The lowest BCUT2D eigenvalue weighted by Crippen LogP contribution is -2.29. The second kappa shape index (κ2) is 5.38. The molecule has 0 spiro atoms. The number of hydrogen-bond donors (Lipinski definition) is 3. The number of amides is 1. The van der Waals surface area contributed by atoms with Crippen LogP contribution in [0.2, 0.25) is 5.02 Å². The minimum Gasteiger partial charge on any atom is -0.383 e. The summed E-state index contributed by atoms with van der Waals surface area (Å²) in [4.78, 5) is 11.0. The van der Waals surface area contributed by atoms with Gasteiger partial charge in [0.05, 0.1) is 10.6 Å². The van der Waals surface area contributed by atoms with Gasteiger partial charge in [0.25, 0.3) is 0 Å². The third-order valence-electron chi connectivity index (χ3n) is 2.95. The predicted octanol–water partition coefficient (Wildman–Crippen LogP) is 1.60. The van der Waals surface area contributed by atoms with E-state index in [-0.39, 0.29) is 0 Å². The van der Waals surface area contributed by atoms with Gasteiger partial charge in [0.2, 0.25) is 5.91 Å². The van der Waals surface area contributed by atoms with Crippen molar-refractivity contribution >= 4 is 23.2 Å². The van der Waals surface area contributed by atoms with E-state index in [1.807, 2.05) is 6.07 Å². The number of rotatable bonds is 4. The van der Waals surface area contributed by atoms with Gasteiger partial charge in [0.1, 0.15) is 0 Å². The minimum absolute atomic E-state index is 0.358. The van der Waals surface area contributed by atoms with E-state index in [0.717, 1.165) is 18.8 Å². The molecule has 1 aliphatic rings. The van der Waals surface area contributed by atoms with Gasteiger partial charge in [-0.3, -0.25) is 4.79 Å². The molecule has 1 aliphatic heterocycles. The lowest BCUT2D eigenvalue weighted by atomic mass is 10.2. The summed E-state index contributed by atoms with van der Waals surface area (Å²) in [7, 11) is 0. The molecule has 0 bridgehead atoms. The fraction of sp³-hybridized carbons (Fsp3) is 0.417. The van der Waals surface area contributed by atoms with Gasteiger partial charge in [-0.2, -0.15) is 0 Å². The molecule has 2 rings (SSSR count). The van der Waals surface area contributed by atoms with Crippen LogP contribution >= 0.6 is 11.6 Å². The van der Waals surface area contributed by atoms with Gasteiger partial charge in [-0.05, 0) is 37.6 Å². The molecule has 1 aromatic carbocycles. The lowest BCUT2D eigenvalue weighted by Gasteiger charge is -2.13. The summed E-state index contributed by atoms with van der Waals surface area (Å²) in [5.74, 6) is -0.501. The molecule has 17 heavy (non-hydrogen) atoms. The number of anilines is 1. The highest BCUT2D eigenvalue weighted by molar-refractivity contribution is 6.34. The van der Waals surface area contributed by atoms with Gasteiger partial charge in [-0.1, -0.05) is 11.6 Å². The van der Waals surface area contributed by atoms with Crippen molar-refractivity contribution < 1.29 is 4.79 Å². The summed E-state index contributed by atoms with van der Waals surface area (Å²) < 4.78 is 0. The summed E-state index contributed by atoms with van der Waals surface area (Å²) in [6, 6.07) is 5.72. The minimum atomic E-state index is -0.501. The Labute approximate surface area is 106 Å². The molecular weight excluding hydrogens is 238 g/mol. The molecule has 1 amide bonds. The molecule has 5 heteroatoms. The van der Waals surface area contributed by atoms with E-state index in [1.54, 1.807) is 12.1 Å². The number of hydrogen-bond acceptors (Lipinski definition) is 3. The van der Waals surface area contributed by atoms with Crippen molar-refractivity contribution in [3.05, 3.63) is 28.8 Å². The Balaban J connectivity index is 1.97. The van der Waals surface area contributed by atoms with Gasteiger partial charge < -0.3 is 16.4 Å². The third kappa shape index (κ3) is 3.11. The SMILES string of the molecule is NC(=O)c1ccc(NCC2CCCN2)cc1Cl. The zero-order chi connectivity index (χ0) is 12.3. The molecule has 1 saturated heterocycles.